The quantitative estimate of drug-likeness (QED) is 0.868. The number of pyridine rings is 1. The Bertz CT molecular complexity index is 678. The van der Waals surface area contributed by atoms with Gasteiger partial charge < -0.3 is 5.11 Å². The van der Waals surface area contributed by atoms with Crippen LogP contribution in [0.3, 0.4) is 0 Å². The molecule has 2 rings (SSSR count). The van der Waals surface area contributed by atoms with Crippen LogP contribution in [0.5, 0.6) is 0 Å². The largest absolute Gasteiger partial charge is 0.481 e. The van der Waals surface area contributed by atoms with Crippen molar-refractivity contribution in [2.75, 3.05) is 0 Å². The number of hydrogen-bond donors (Lipinski definition) is 1. The van der Waals surface area contributed by atoms with Gasteiger partial charge in [0.25, 0.3) is 0 Å². The van der Waals surface area contributed by atoms with Crippen molar-refractivity contribution >= 4 is 22.7 Å². The molecular weight excluding hydrogens is 254 g/mol. The maximum atomic E-state index is 12.3. The third-order valence-electron chi connectivity index (χ3n) is 3.67. The van der Waals surface area contributed by atoms with Gasteiger partial charge in [0.1, 0.15) is 0 Å². The minimum absolute atomic E-state index is 0.151. The van der Waals surface area contributed by atoms with E-state index in [1.807, 2.05) is 19.1 Å². The monoisotopic (exact) mass is 271 g/mol. The number of Topliss-reactive ketones (excluding diaryl/α,β-unsaturated/α-hetero) is 1. The van der Waals surface area contributed by atoms with Crippen molar-refractivity contribution in [3.05, 3.63) is 41.6 Å². The first kappa shape index (κ1) is 14.2. The molecule has 1 aromatic heterocycles. The lowest BCUT2D eigenvalue weighted by atomic mass is 9.88. The van der Waals surface area contributed by atoms with E-state index in [-0.39, 0.29) is 5.78 Å². The van der Waals surface area contributed by atoms with Crippen molar-refractivity contribution < 1.29 is 14.7 Å². The Morgan fingerprint density at radius 3 is 2.45 bits per heavy atom. The Balaban J connectivity index is 2.35. The molecule has 20 heavy (non-hydrogen) atoms. The number of carbonyl (C=O) groups is 2. The summed E-state index contributed by atoms with van der Waals surface area (Å²) in [6.45, 7) is 5.12. The van der Waals surface area contributed by atoms with Gasteiger partial charge in [-0.05, 0) is 31.2 Å². The molecule has 104 valence electrons. The van der Waals surface area contributed by atoms with Crippen molar-refractivity contribution in [3.63, 3.8) is 0 Å². The molecule has 0 aliphatic rings. The number of aromatic nitrogens is 1. The molecule has 2 aromatic rings. The highest BCUT2D eigenvalue weighted by atomic mass is 16.4. The van der Waals surface area contributed by atoms with Crippen LogP contribution in [0.25, 0.3) is 10.9 Å². The number of aryl methyl sites for hydroxylation is 1. The van der Waals surface area contributed by atoms with Crippen LogP contribution in [0.4, 0.5) is 0 Å². The Labute approximate surface area is 117 Å². The van der Waals surface area contributed by atoms with Crippen molar-refractivity contribution in [2.24, 2.45) is 11.8 Å². The van der Waals surface area contributed by atoms with Gasteiger partial charge in [-0.1, -0.05) is 19.9 Å². The standard InChI is InChI=1S/C16H17NO3/c1-9-4-5-12-8-13(6-7-14(12)17-9)15(18)10(2)11(3)16(19)20/h4-8,10-11H,1-3H3,(H,19,20). The number of nitrogens with zero attached hydrogens (tertiary/aromatic N) is 1. The highest BCUT2D eigenvalue weighted by Gasteiger charge is 2.26. The summed E-state index contributed by atoms with van der Waals surface area (Å²) >= 11 is 0. The first-order chi connectivity index (χ1) is 9.40. The Kier molecular flexibility index (Phi) is 3.84. The number of hydrogen-bond acceptors (Lipinski definition) is 3. The van der Waals surface area contributed by atoms with Crippen LogP contribution in [-0.4, -0.2) is 21.8 Å². The van der Waals surface area contributed by atoms with Crippen LogP contribution < -0.4 is 0 Å². The summed E-state index contributed by atoms with van der Waals surface area (Å²) in [5, 5.41) is 9.87. The summed E-state index contributed by atoms with van der Waals surface area (Å²) in [6, 6.07) is 9.09. The molecule has 1 N–H and O–H groups in total. The molecule has 2 atom stereocenters. The van der Waals surface area contributed by atoms with E-state index in [4.69, 9.17) is 5.11 Å². The van der Waals surface area contributed by atoms with Crippen molar-refractivity contribution in [3.8, 4) is 0 Å². The Hall–Kier alpha value is -2.23. The van der Waals surface area contributed by atoms with E-state index in [9.17, 15) is 9.59 Å². The fourth-order valence-corrected chi connectivity index (χ4v) is 2.08. The second kappa shape index (κ2) is 5.41. The van der Waals surface area contributed by atoms with Crippen LogP contribution in [-0.2, 0) is 4.79 Å². The van der Waals surface area contributed by atoms with E-state index in [0.29, 0.717) is 5.56 Å². The van der Waals surface area contributed by atoms with E-state index in [1.54, 1.807) is 32.0 Å². The van der Waals surface area contributed by atoms with E-state index >= 15 is 0 Å². The van der Waals surface area contributed by atoms with Crippen molar-refractivity contribution in [1.82, 2.24) is 4.98 Å². The number of benzene rings is 1. The van der Waals surface area contributed by atoms with Crippen molar-refractivity contribution in [2.45, 2.75) is 20.8 Å². The molecule has 4 nitrogen and oxygen atoms in total. The van der Waals surface area contributed by atoms with Gasteiger partial charge in [-0.3, -0.25) is 14.6 Å². The van der Waals surface area contributed by atoms with Crippen LogP contribution >= 0.6 is 0 Å². The van der Waals surface area contributed by atoms with E-state index in [0.717, 1.165) is 16.6 Å². The van der Waals surface area contributed by atoms with Crippen LogP contribution in [0.1, 0.15) is 29.9 Å². The van der Waals surface area contributed by atoms with Gasteiger partial charge in [0.05, 0.1) is 11.4 Å². The number of carboxylic acids is 1. The zero-order chi connectivity index (χ0) is 14.9. The average Bonchev–Trinajstić information content (AvgIpc) is 2.44. The van der Waals surface area contributed by atoms with Crippen LogP contribution in [0, 0.1) is 18.8 Å². The van der Waals surface area contributed by atoms with Gasteiger partial charge in [-0.15, -0.1) is 0 Å². The molecule has 0 bridgehead atoms. The molecular formula is C16H17NO3. The average molecular weight is 271 g/mol. The van der Waals surface area contributed by atoms with Gasteiger partial charge in [0, 0.05) is 22.6 Å². The third-order valence-corrected chi connectivity index (χ3v) is 3.67. The molecule has 4 heteroatoms. The van der Waals surface area contributed by atoms with Crippen LogP contribution in [0.15, 0.2) is 30.3 Å². The predicted octanol–water partition coefficient (Wildman–Crippen LogP) is 3.08. The topological polar surface area (TPSA) is 67.3 Å². The van der Waals surface area contributed by atoms with Crippen LogP contribution in [0.2, 0.25) is 0 Å². The third kappa shape index (κ3) is 2.69. The molecule has 0 fully saturated rings. The van der Waals surface area contributed by atoms with Gasteiger partial charge in [-0.25, -0.2) is 0 Å². The smallest absolute Gasteiger partial charge is 0.306 e. The number of ketones is 1. The maximum Gasteiger partial charge on any atom is 0.306 e. The Morgan fingerprint density at radius 1 is 1.10 bits per heavy atom. The lowest BCUT2D eigenvalue weighted by molar-refractivity contribution is -0.142. The molecule has 0 aliphatic carbocycles. The summed E-state index contributed by atoms with van der Waals surface area (Å²) in [5.41, 5.74) is 2.29. The summed E-state index contributed by atoms with van der Waals surface area (Å²) in [4.78, 5) is 27.7. The summed E-state index contributed by atoms with van der Waals surface area (Å²) in [6.07, 6.45) is 0. The highest BCUT2D eigenvalue weighted by Crippen LogP contribution is 2.21. The zero-order valence-corrected chi connectivity index (χ0v) is 11.8. The van der Waals surface area contributed by atoms with E-state index in [1.165, 1.54) is 0 Å². The van der Waals surface area contributed by atoms with Gasteiger partial charge in [-0.2, -0.15) is 0 Å². The summed E-state index contributed by atoms with van der Waals surface area (Å²) in [7, 11) is 0. The zero-order valence-electron chi connectivity index (χ0n) is 11.8. The fraction of sp³-hybridized carbons (Fsp3) is 0.312. The molecule has 0 radical (unpaired) electrons. The first-order valence-corrected chi connectivity index (χ1v) is 6.54. The number of rotatable bonds is 4. The normalized spacial score (nSPS) is 13.9. The second-order valence-corrected chi connectivity index (χ2v) is 5.14. The lowest BCUT2D eigenvalue weighted by Gasteiger charge is -2.15. The predicted molar refractivity (Wildman–Crippen MR) is 76.8 cm³/mol. The van der Waals surface area contributed by atoms with Crippen molar-refractivity contribution in [1.29, 1.82) is 0 Å². The molecule has 0 saturated heterocycles. The molecule has 0 spiro atoms. The minimum atomic E-state index is -0.955. The maximum absolute atomic E-state index is 12.3. The van der Waals surface area contributed by atoms with Gasteiger partial charge >= 0.3 is 5.97 Å². The number of aliphatic carboxylic acids is 1. The summed E-state index contributed by atoms with van der Waals surface area (Å²) in [5.74, 6) is -2.36. The molecule has 1 aromatic carbocycles. The summed E-state index contributed by atoms with van der Waals surface area (Å²) < 4.78 is 0. The molecule has 0 saturated carbocycles. The highest BCUT2D eigenvalue weighted by molar-refractivity contribution is 6.02. The fourth-order valence-electron chi connectivity index (χ4n) is 2.08. The first-order valence-electron chi connectivity index (χ1n) is 6.54. The molecule has 0 amide bonds. The number of fused-ring (bicyclic) bond motifs is 1. The van der Waals surface area contributed by atoms with Gasteiger partial charge in [0.15, 0.2) is 5.78 Å². The molecule has 0 aliphatic heterocycles. The number of carbonyl (C=O) groups excluding carboxylic acids is 1. The minimum Gasteiger partial charge on any atom is -0.481 e. The number of carboxylic acid groups (broad SMARTS) is 1. The van der Waals surface area contributed by atoms with E-state index < -0.39 is 17.8 Å². The second-order valence-electron chi connectivity index (χ2n) is 5.14. The SMILES string of the molecule is Cc1ccc2cc(C(=O)C(C)C(C)C(=O)O)ccc2n1. The van der Waals surface area contributed by atoms with E-state index in [2.05, 4.69) is 4.98 Å². The lowest BCUT2D eigenvalue weighted by Crippen LogP contribution is -2.25. The molecule has 1 heterocycles. The molecule has 2 unspecified atom stereocenters. The van der Waals surface area contributed by atoms with Gasteiger partial charge in [0.2, 0.25) is 0 Å². The Morgan fingerprint density at radius 2 is 1.80 bits per heavy atom.